The van der Waals surface area contributed by atoms with Crippen molar-refractivity contribution in [3.8, 4) is 5.75 Å². The van der Waals surface area contributed by atoms with Gasteiger partial charge >= 0.3 is 0 Å². The molecule has 0 radical (unpaired) electrons. The third kappa shape index (κ3) is 4.25. The van der Waals surface area contributed by atoms with Gasteiger partial charge in [0.05, 0.1) is 13.5 Å². The molecular weight excluding hydrogens is 364 g/mol. The van der Waals surface area contributed by atoms with Crippen molar-refractivity contribution < 1.29 is 14.3 Å². The number of nitrogens with zero attached hydrogens (tertiary/aromatic N) is 1. The number of benzene rings is 2. The van der Waals surface area contributed by atoms with Crippen LogP contribution in [0.2, 0.25) is 5.02 Å². The number of rotatable bonds is 5. The minimum absolute atomic E-state index is 0.0765. The van der Waals surface area contributed by atoms with E-state index in [0.717, 1.165) is 11.3 Å². The molecule has 0 saturated carbocycles. The number of ether oxygens (including phenoxy) is 1. The van der Waals surface area contributed by atoms with E-state index >= 15 is 0 Å². The van der Waals surface area contributed by atoms with Crippen LogP contribution >= 0.6 is 11.6 Å². The van der Waals surface area contributed by atoms with Gasteiger partial charge in [0, 0.05) is 17.3 Å². The van der Waals surface area contributed by atoms with Crippen molar-refractivity contribution in [1.82, 2.24) is 5.32 Å². The van der Waals surface area contributed by atoms with E-state index < -0.39 is 6.04 Å². The number of hydrogen-bond donors (Lipinski definition) is 1. The lowest BCUT2D eigenvalue weighted by molar-refractivity contribution is -0.126. The molecule has 142 valence electrons. The number of aryl methyl sites for hydroxylation is 2. The van der Waals surface area contributed by atoms with Crippen LogP contribution in [0, 0.1) is 13.8 Å². The van der Waals surface area contributed by atoms with Gasteiger partial charge in [0.1, 0.15) is 11.8 Å². The zero-order chi connectivity index (χ0) is 19.6. The van der Waals surface area contributed by atoms with E-state index in [1.165, 1.54) is 5.56 Å². The van der Waals surface area contributed by atoms with E-state index in [-0.39, 0.29) is 18.2 Å². The molecule has 1 saturated heterocycles. The first kappa shape index (κ1) is 19.2. The molecule has 2 amide bonds. The van der Waals surface area contributed by atoms with Crippen molar-refractivity contribution >= 4 is 29.1 Å². The van der Waals surface area contributed by atoms with Crippen molar-refractivity contribution in [3.63, 3.8) is 0 Å². The number of carbonyl (C=O) groups is 2. The summed E-state index contributed by atoms with van der Waals surface area (Å²) < 4.78 is 5.11. The minimum Gasteiger partial charge on any atom is -0.497 e. The average molecular weight is 387 g/mol. The molecule has 0 aliphatic carbocycles. The maximum atomic E-state index is 12.7. The summed E-state index contributed by atoms with van der Waals surface area (Å²) in [6.45, 7) is 4.66. The zero-order valence-electron chi connectivity index (χ0n) is 15.7. The average Bonchev–Trinajstić information content (AvgIpc) is 2.99. The fraction of sp³-hybridized carbons (Fsp3) is 0.333. The summed E-state index contributed by atoms with van der Waals surface area (Å²) in [5, 5.41) is 3.31. The molecule has 1 aliphatic heterocycles. The molecule has 1 fully saturated rings. The molecule has 1 atom stereocenters. The Hall–Kier alpha value is -2.53. The molecule has 1 N–H and O–H groups in total. The van der Waals surface area contributed by atoms with Crippen molar-refractivity contribution in [2.24, 2.45) is 0 Å². The van der Waals surface area contributed by atoms with Crippen LogP contribution in [-0.2, 0) is 16.0 Å². The largest absolute Gasteiger partial charge is 0.497 e. The Kier molecular flexibility index (Phi) is 5.71. The molecule has 2 aromatic carbocycles. The lowest BCUT2D eigenvalue weighted by atomic mass is 10.1. The van der Waals surface area contributed by atoms with Gasteiger partial charge < -0.3 is 15.0 Å². The standard InChI is InChI=1S/C21H23ClN2O3/c1-13-4-6-16(10-14(13)2)24-9-8-19(21(24)26)23-20(25)11-15-5-7-17(27-3)12-18(15)22/h4-7,10,12,19H,8-9,11H2,1-3H3,(H,23,25)/t19-/m1/s1. The molecule has 6 heteroatoms. The Morgan fingerprint density at radius 2 is 2.00 bits per heavy atom. The summed E-state index contributed by atoms with van der Waals surface area (Å²) in [6, 6.07) is 10.7. The molecule has 1 aliphatic rings. The highest BCUT2D eigenvalue weighted by atomic mass is 35.5. The molecule has 2 aromatic rings. The second-order valence-electron chi connectivity index (χ2n) is 6.80. The fourth-order valence-corrected chi connectivity index (χ4v) is 3.42. The van der Waals surface area contributed by atoms with E-state index in [2.05, 4.69) is 5.32 Å². The van der Waals surface area contributed by atoms with E-state index in [1.807, 2.05) is 32.0 Å². The quantitative estimate of drug-likeness (QED) is 0.856. The van der Waals surface area contributed by atoms with Gasteiger partial charge in [0.2, 0.25) is 11.8 Å². The first-order valence-corrected chi connectivity index (χ1v) is 9.27. The summed E-state index contributed by atoms with van der Waals surface area (Å²) in [7, 11) is 1.56. The van der Waals surface area contributed by atoms with Gasteiger partial charge in [0.25, 0.3) is 0 Å². The van der Waals surface area contributed by atoms with Gasteiger partial charge in [-0.3, -0.25) is 9.59 Å². The van der Waals surface area contributed by atoms with E-state index in [4.69, 9.17) is 16.3 Å². The third-order valence-electron chi connectivity index (χ3n) is 4.95. The Bertz CT molecular complexity index is 882. The Labute approximate surface area is 164 Å². The molecule has 0 unspecified atom stereocenters. The normalized spacial score (nSPS) is 16.5. The number of methoxy groups -OCH3 is 1. The molecule has 0 spiro atoms. The van der Waals surface area contributed by atoms with Gasteiger partial charge in [-0.2, -0.15) is 0 Å². The van der Waals surface area contributed by atoms with Crippen LogP contribution in [0.15, 0.2) is 36.4 Å². The van der Waals surface area contributed by atoms with Gasteiger partial charge in [-0.1, -0.05) is 23.7 Å². The Morgan fingerprint density at radius 3 is 2.67 bits per heavy atom. The van der Waals surface area contributed by atoms with Gasteiger partial charge in [-0.05, 0) is 61.2 Å². The van der Waals surface area contributed by atoms with Crippen LogP contribution in [0.1, 0.15) is 23.1 Å². The summed E-state index contributed by atoms with van der Waals surface area (Å²) in [5.74, 6) is 0.342. The van der Waals surface area contributed by atoms with E-state index in [0.29, 0.717) is 29.3 Å². The highest BCUT2D eigenvalue weighted by Gasteiger charge is 2.33. The lowest BCUT2D eigenvalue weighted by Crippen LogP contribution is -2.42. The molecule has 0 aromatic heterocycles. The minimum atomic E-state index is -0.504. The number of anilines is 1. The summed E-state index contributed by atoms with van der Waals surface area (Å²) in [6.07, 6.45) is 0.712. The van der Waals surface area contributed by atoms with Gasteiger partial charge in [-0.15, -0.1) is 0 Å². The zero-order valence-corrected chi connectivity index (χ0v) is 16.5. The van der Waals surface area contributed by atoms with Crippen LogP contribution in [0.4, 0.5) is 5.69 Å². The lowest BCUT2D eigenvalue weighted by Gasteiger charge is -2.18. The molecule has 1 heterocycles. The monoisotopic (exact) mass is 386 g/mol. The second kappa shape index (κ2) is 8.01. The number of halogens is 1. The number of amides is 2. The maximum Gasteiger partial charge on any atom is 0.249 e. The maximum absolute atomic E-state index is 12.7. The Morgan fingerprint density at radius 1 is 1.22 bits per heavy atom. The first-order valence-electron chi connectivity index (χ1n) is 8.89. The summed E-state index contributed by atoms with van der Waals surface area (Å²) in [4.78, 5) is 26.8. The highest BCUT2D eigenvalue weighted by molar-refractivity contribution is 6.31. The summed E-state index contributed by atoms with van der Waals surface area (Å²) >= 11 is 6.19. The molecular formula is C21H23ClN2O3. The highest BCUT2D eigenvalue weighted by Crippen LogP contribution is 2.25. The molecule has 0 bridgehead atoms. The van der Waals surface area contributed by atoms with E-state index in [9.17, 15) is 9.59 Å². The van der Waals surface area contributed by atoms with Crippen LogP contribution in [0.5, 0.6) is 5.75 Å². The Balaban J connectivity index is 1.63. The SMILES string of the molecule is COc1ccc(CC(=O)N[C@@H]2CCN(c3ccc(C)c(C)c3)C2=O)c(Cl)c1. The first-order chi connectivity index (χ1) is 12.9. The number of carbonyl (C=O) groups excluding carboxylic acids is 2. The summed E-state index contributed by atoms with van der Waals surface area (Å²) in [5.41, 5.74) is 3.90. The van der Waals surface area contributed by atoms with Crippen molar-refractivity contribution in [1.29, 1.82) is 0 Å². The molecule has 27 heavy (non-hydrogen) atoms. The van der Waals surface area contributed by atoms with Gasteiger partial charge in [0.15, 0.2) is 0 Å². The van der Waals surface area contributed by atoms with E-state index in [1.54, 1.807) is 30.2 Å². The number of nitrogens with one attached hydrogen (secondary N) is 1. The molecule has 3 rings (SSSR count). The van der Waals surface area contributed by atoms with Crippen molar-refractivity contribution in [3.05, 3.63) is 58.1 Å². The smallest absolute Gasteiger partial charge is 0.249 e. The third-order valence-corrected chi connectivity index (χ3v) is 5.31. The van der Waals surface area contributed by atoms with Gasteiger partial charge in [-0.25, -0.2) is 0 Å². The predicted octanol–water partition coefficient (Wildman–Crippen LogP) is 3.43. The van der Waals surface area contributed by atoms with Crippen molar-refractivity contribution in [2.45, 2.75) is 32.7 Å². The second-order valence-corrected chi connectivity index (χ2v) is 7.21. The van der Waals surface area contributed by atoms with Crippen LogP contribution in [0.3, 0.4) is 0 Å². The predicted molar refractivity (Wildman–Crippen MR) is 107 cm³/mol. The number of hydrogen-bond acceptors (Lipinski definition) is 3. The van der Waals surface area contributed by atoms with Crippen LogP contribution in [-0.4, -0.2) is 31.5 Å². The topological polar surface area (TPSA) is 58.6 Å². The fourth-order valence-electron chi connectivity index (χ4n) is 3.18. The van der Waals surface area contributed by atoms with Crippen molar-refractivity contribution in [2.75, 3.05) is 18.6 Å². The molecule has 5 nitrogen and oxygen atoms in total. The van der Waals surface area contributed by atoms with Crippen LogP contribution < -0.4 is 15.0 Å². The van der Waals surface area contributed by atoms with Crippen LogP contribution in [0.25, 0.3) is 0 Å².